The number of allylic oxidation sites excluding steroid dienone is 6. The lowest BCUT2D eigenvalue weighted by molar-refractivity contribution is -0.116. The molecule has 0 aliphatic carbocycles. The molecule has 3 aromatic carbocycles. The zero-order chi connectivity index (χ0) is 34.8. The third kappa shape index (κ3) is 9.31. The highest BCUT2D eigenvalue weighted by molar-refractivity contribution is 6.31. The van der Waals surface area contributed by atoms with Gasteiger partial charge >= 0.3 is 6.09 Å². The summed E-state index contributed by atoms with van der Waals surface area (Å²) in [5.74, 6) is 6.32. The Hall–Kier alpha value is -4.50. The number of hydrogen-bond donors (Lipinski definition) is 4. The largest absolute Gasteiger partial charge is 0.453 e. The Morgan fingerprint density at radius 2 is 1.92 bits per heavy atom. The number of nitrogens with one attached hydrogen (secondary N) is 2. The number of carbonyl (C=O) groups excluding carboxylic acids is 2. The van der Waals surface area contributed by atoms with Crippen LogP contribution in [0.15, 0.2) is 101 Å². The minimum Gasteiger partial charge on any atom is -0.453 e. The molecule has 6 N–H and O–H groups in total. The molecule has 0 aromatic heterocycles. The van der Waals surface area contributed by atoms with Gasteiger partial charge in [-0.3, -0.25) is 15.1 Å². The smallest absolute Gasteiger partial charge is 0.411 e. The number of fused-ring (bicyclic) bond motifs is 4. The number of methoxy groups -OCH3 is 1. The number of rotatable bonds is 8. The van der Waals surface area contributed by atoms with Gasteiger partial charge in [0.2, 0.25) is 5.91 Å². The van der Waals surface area contributed by atoms with Gasteiger partial charge in [-0.1, -0.05) is 90.7 Å². The zero-order valence-corrected chi connectivity index (χ0v) is 29.3. The Balaban J connectivity index is 1.80. The molecule has 0 saturated heterocycles. The van der Waals surface area contributed by atoms with Crippen LogP contribution < -0.4 is 27.2 Å². The Bertz CT molecular complexity index is 1780. The number of carbonyl (C=O) groups is 2. The van der Waals surface area contributed by atoms with Crippen molar-refractivity contribution in [3.63, 3.8) is 0 Å². The first-order chi connectivity index (χ1) is 23.0. The normalized spacial score (nSPS) is 16.2. The molecule has 1 heterocycles. The van der Waals surface area contributed by atoms with E-state index >= 15 is 0 Å². The summed E-state index contributed by atoms with van der Waals surface area (Å²) in [6.45, 7) is 6.31. The number of amides is 2. The molecule has 1 aliphatic rings. The first kappa shape index (κ1) is 36.3. The van der Waals surface area contributed by atoms with E-state index in [1.54, 1.807) is 18.2 Å². The van der Waals surface area contributed by atoms with Crippen LogP contribution in [-0.2, 0) is 9.53 Å². The van der Waals surface area contributed by atoms with Gasteiger partial charge in [0.1, 0.15) is 5.16 Å². The van der Waals surface area contributed by atoms with E-state index in [1.165, 1.54) is 35.0 Å². The van der Waals surface area contributed by atoms with Crippen molar-refractivity contribution in [2.24, 2.45) is 11.6 Å². The van der Waals surface area contributed by atoms with E-state index in [0.29, 0.717) is 28.5 Å². The highest BCUT2D eigenvalue weighted by atomic mass is 35.5. The maximum atomic E-state index is 13.1. The maximum Gasteiger partial charge on any atom is 0.411 e. The summed E-state index contributed by atoms with van der Waals surface area (Å²) in [5, 5.41) is 7.78. The fourth-order valence-electron chi connectivity index (χ4n) is 5.87. The van der Waals surface area contributed by atoms with E-state index in [-0.39, 0.29) is 17.0 Å². The fraction of sp³-hybridized carbons (Fsp3) is 0.263. The zero-order valence-electron chi connectivity index (χ0n) is 27.8. The molecule has 2 bridgehead atoms. The summed E-state index contributed by atoms with van der Waals surface area (Å²) in [6.07, 6.45) is 10.9. The molecule has 0 fully saturated rings. The van der Waals surface area contributed by atoms with Gasteiger partial charge < -0.3 is 15.8 Å². The predicted octanol–water partition coefficient (Wildman–Crippen LogP) is 9.84. The standard InChI is InChI=1S/C38H43Cl2N5O3/c1-5-24(3)30(17-14-25(6-2)33-21-28(39)15-19-35(33)45(42)23-36(40)41)31-12-7-8-13-37(46)44-34-22-29(43-38(47)48-4)16-18-32(34)27-11-9-10-26(31)20-27/h6,9-11,14-23,31H,5,7-8,12-13,41-42H2,1-4H3,(H,43,47)(H,44,46)/b17-14-,25-6+,30-24?,36-23-. The van der Waals surface area contributed by atoms with Crippen LogP contribution in [0.5, 0.6) is 0 Å². The lowest BCUT2D eigenvalue weighted by Crippen LogP contribution is -2.26. The van der Waals surface area contributed by atoms with Crippen LogP contribution in [0.1, 0.15) is 69.9 Å². The molecule has 10 heteroatoms. The second-order valence-electron chi connectivity index (χ2n) is 11.6. The Morgan fingerprint density at radius 1 is 1.12 bits per heavy atom. The van der Waals surface area contributed by atoms with Gasteiger partial charge in [0, 0.05) is 34.2 Å². The molecule has 0 radical (unpaired) electrons. The van der Waals surface area contributed by atoms with Crippen molar-refractivity contribution >= 4 is 57.8 Å². The van der Waals surface area contributed by atoms with Crippen LogP contribution in [-0.4, -0.2) is 19.1 Å². The van der Waals surface area contributed by atoms with Crippen LogP contribution in [0.2, 0.25) is 5.02 Å². The number of nitrogens with two attached hydrogens (primary N) is 2. The van der Waals surface area contributed by atoms with Crippen LogP contribution >= 0.6 is 23.2 Å². The molecule has 1 unspecified atom stereocenters. The van der Waals surface area contributed by atoms with Crippen molar-refractivity contribution in [3.05, 3.63) is 118 Å². The molecule has 1 atom stereocenters. The van der Waals surface area contributed by atoms with Crippen LogP contribution in [0.25, 0.3) is 16.7 Å². The highest BCUT2D eigenvalue weighted by Gasteiger charge is 2.21. The van der Waals surface area contributed by atoms with Crippen molar-refractivity contribution in [3.8, 4) is 11.1 Å². The van der Waals surface area contributed by atoms with Gasteiger partial charge in [0.05, 0.1) is 24.7 Å². The number of benzene rings is 3. The van der Waals surface area contributed by atoms with Gasteiger partial charge in [-0.05, 0) is 85.7 Å². The first-order valence-corrected chi connectivity index (χ1v) is 16.7. The number of halogens is 2. The number of hydrazine groups is 1. The Labute approximate surface area is 293 Å². The Kier molecular flexibility index (Phi) is 12.9. The van der Waals surface area contributed by atoms with E-state index in [1.807, 2.05) is 37.3 Å². The quantitative estimate of drug-likeness (QED) is 0.0809. The second kappa shape index (κ2) is 17.1. The third-order valence-corrected chi connectivity index (χ3v) is 8.77. The van der Waals surface area contributed by atoms with E-state index < -0.39 is 6.09 Å². The number of anilines is 3. The minimum absolute atomic E-state index is 0.0582. The van der Waals surface area contributed by atoms with Crippen molar-refractivity contribution in [2.45, 2.75) is 58.8 Å². The van der Waals surface area contributed by atoms with E-state index in [0.717, 1.165) is 47.9 Å². The Morgan fingerprint density at radius 3 is 2.62 bits per heavy atom. The van der Waals surface area contributed by atoms with Gasteiger partial charge in [-0.2, -0.15) is 0 Å². The topological polar surface area (TPSA) is 123 Å². The summed E-state index contributed by atoms with van der Waals surface area (Å²) in [6, 6.07) is 19.4. The van der Waals surface area contributed by atoms with E-state index in [2.05, 4.69) is 54.8 Å². The molecule has 252 valence electrons. The van der Waals surface area contributed by atoms with Gasteiger partial charge in [-0.25, -0.2) is 10.6 Å². The molecule has 0 saturated carbocycles. The second-order valence-corrected chi connectivity index (χ2v) is 12.5. The SMILES string of the molecule is C/C=C(\C=C/C(=C(C)CC)C1CCCCC(=O)Nc2cc(NC(=O)OC)ccc2-c2cccc1c2)c1cc(Cl)ccc1N(N)/C=C(\N)Cl. The van der Waals surface area contributed by atoms with E-state index in [9.17, 15) is 9.59 Å². The third-order valence-electron chi connectivity index (χ3n) is 8.43. The summed E-state index contributed by atoms with van der Waals surface area (Å²) >= 11 is 12.4. The van der Waals surface area contributed by atoms with Gasteiger partial charge in [0.25, 0.3) is 0 Å². The van der Waals surface area contributed by atoms with Crippen LogP contribution in [0.3, 0.4) is 0 Å². The lowest BCUT2D eigenvalue weighted by atomic mass is 9.82. The molecule has 2 amide bonds. The summed E-state index contributed by atoms with van der Waals surface area (Å²) in [5.41, 5.74) is 14.8. The average Bonchev–Trinajstić information content (AvgIpc) is 3.06. The molecule has 48 heavy (non-hydrogen) atoms. The van der Waals surface area contributed by atoms with Crippen molar-refractivity contribution in [2.75, 3.05) is 22.8 Å². The molecule has 1 aliphatic heterocycles. The molecule has 0 spiro atoms. The van der Waals surface area contributed by atoms with E-state index in [4.69, 9.17) is 39.5 Å². The molecular weight excluding hydrogens is 645 g/mol. The minimum atomic E-state index is -0.581. The number of nitrogens with zero attached hydrogens (tertiary/aromatic N) is 1. The van der Waals surface area contributed by atoms with Crippen LogP contribution in [0.4, 0.5) is 21.9 Å². The van der Waals surface area contributed by atoms with Crippen LogP contribution in [0, 0.1) is 0 Å². The monoisotopic (exact) mass is 687 g/mol. The average molecular weight is 689 g/mol. The number of hydrogen-bond acceptors (Lipinski definition) is 6. The fourth-order valence-corrected chi connectivity index (χ4v) is 6.14. The first-order valence-electron chi connectivity index (χ1n) is 15.9. The van der Waals surface area contributed by atoms with Gasteiger partial charge in [-0.15, -0.1) is 0 Å². The lowest BCUT2D eigenvalue weighted by Gasteiger charge is -2.24. The number of ether oxygens (including phenoxy) is 1. The summed E-state index contributed by atoms with van der Waals surface area (Å²) in [4.78, 5) is 24.9. The highest BCUT2D eigenvalue weighted by Crippen LogP contribution is 2.39. The summed E-state index contributed by atoms with van der Waals surface area (Å²) in [7, 11) is 1.31. The van der Waals surface area contributed by atoms with Crippen molar-refractivity contribution in [1.82, 2.24) is 0 Å². The summed E-state index contributed by atoms with van der Waals surface area (Å²) < 4.78 is 4.76. The molecule has 8 nitrogen and oxygen atoms in total. The van der Waals surface area contributed by atoms with Gasteiger partial charge in [0.15, 0.2) is 0 Å². The van der Waals surface area contributed by atoms with Crippen molar-refractivity contribution < 1.29 is 14.3 Å². The maximum absolute atomic E-state index is 13.1. The molecule has 3 aromatic rings. The predicted molar refractivity (Wildman–Crippen MR) is 200 cm³/mol. The molecular formula is C38H43Cl2N5O3. The van der Waals surface area contributed by atoms with Crippen molar-refractivity contribution in [1.29, 1.82) is 0 Å². The molecule has 4 rings (SSSR count).